The highest BCUT2D eigenvalue weighted by atomic mass is 35.5. The Labute approximate surface area is 168 Å². The molecule has 2 aromatic rings. The molecule has 0 radical (unpaired) electrons. The van der Waals surface area contributed by atoms with Crippen molar-refractivity contribution in [2.45, 2.75) is 19.4 Å². The van der Waals surface area contributed by atoms with Gasteiger partial charge in [-0.05, 0) is 23.3 Å². The zero-order chi connectivity index (χ0) is 18.8. The number of methoxy groups -OCH3 is 2. The molecule has 0 aliphatic heterocycles. The number of quaternary nitrogens is 1. The van der Waals surface area contributed by atoms with Crippen LogP contribution in [0.3, 0.4) is 0 Å². The summed E-state index contributed by atoms with van der Waals surface area (Å²) >= 11 is 0. The lowest BCUT2D eigenvalue weighted by molar-refractivity contribution is -0.878. The number of rotatable bonds is 10. The van der Waals surface area contributed by atoms with Gasteiger partial charge in [0, 0.05) is 13.0 Å². The van der Waals surface area contributed by atoms with Gasteiger partial charge in [-0.25, -0.2) is 0 Å². The normalized spacial score (nSPS) is 11.2. The van der Waals surface area contributed by atoms with Crippen LogP contribution in [0.1, 0.15) is 17.5 Å². The maximum atomic E-state index is 12.0. The van der Waals surface area contributed by atoms with Crippen LogP contribution in [0.2, 0.25) is 0 Å². The highest BCUT2D eigenvalue weighted by Crippen LogP contribution is 2.27. The fraction of sp³-hybridized carbons (Fsp3) is 0.381. The molecule has 0 fully saturated rings. The van der Waals surface area contributed by atoms with Gasteiger partial charge >= 0.3 is 0 Å². The van der Waals surface area contributed by atoms with Crippen molar-refractivity contribution >= 4 is 5.91 Å². The van der Waals surface area contributed by atoms with Gasteiger partial charge in [-0.2, -0.15) is 0 Å². The minimum absolute atomic E-state index is 0. The van der Waals surface area contributed by atoms with E-state index in [1.165, 1.54) is 10.5 Å². The quantitative estimate of drug-likeness (QED) is 0.516. The Morgan fingerprint density at radius 3 is 2.33 bits per heavy atom. The molecule has 5 nitrogen and oxygen atoms in total. The number of carbonyl (C=O) groups excluding carboxylic acids is 1. The fourth-order valence-corrected chi connectivity index (χ4v) is 2.73. The minimum atomic E-state index is 0. The lowest BCUT2D eigenvalue weighted by atomic mass is 10.1. The predicted molar refractivity (Wildman–Crippen MR) is 103 cm³/mol. The fourth-order valence-electron chi connectivity index (χ4n) is 2.73. The van der Waals surface area contributed by atoms with E-state index < -0.39 is 0 Å². The number of amides is 1. The second kappa shape index (κ2) is 12.2. The van der Waals surface area contributed by atoms with Crippen molar-refractivity contribution in [3.63, 3.8) is 0 Å². The first-order chi connectivity index (χ1) is 12.6. The number of carbonyl (C=O) groups is 1. The number of hydrogen-bond acceptors (Lipinski definition) is 3. The average Bonchev–Trinajstić information content (AvgIpc) is 2.69. The van der Waals surface area contributed by atoms with Crippen LogP contribution < -0.4 is 32.1 Å². The van der Waals surface area contributed by atoms with Gasteiger partial charge in [0.15, 0.2) is 11.5 Å². The lowest BCUT2D eigenvalue weighted by Gasteiger charge is -2.15. The van der Waals surface area contributed by atoms with Crippen molar-refractivity contribution in [2.24, 2.45) is 0 Å². The van der Waals surface area contributed by atoms with Crippen molar-refractivity contribution in [1.82, 2.24) is 5.32 Å². The summed E-state index contributed by atoms with van der Waals surface area (Å²) in [6, 6.07) is 16.0. The minimum Gasteiger partial charge on any atom is -1.00 e. The highest BCUT2D eigenvalue weighted by Gasteiger charge is 2.09. The third-order valence-corrected chi connectivity index (χ3v) is 4.40. The second-order valence-corrected chi connectivity index (χ2v) is 6.41. The highest BCUT2D eigenvalue weighted by molar-refractivity contribution is 5.75. The molecule has 2 N–H and O–H groups in total. The summed E-state index contributed by atoms with van der Waals surface area (Å²) in [5.74, 6) is 1.59. The summed E-state index contributed by atoms with van der Waals surface area (Å²) in [6.07, 6.45) is 1.46. The molecule has 0 bridgehead atoms. The molecule has 0 aliphatic carbocycles. The topological polar surface area (TPSA) is 52.0 Å². The largest absolute Gasteiger partial charge is 1.00 e. The molecule has 2 aromatic carbocycles. The Balaban J connectivity index is 0.00000364. The van der Waals surface area contributed by atoms with E-state index in [4.69, 9.17) is 9.47 Å². The second-order valence-electron chi connectivity index (χ2n) is 6.41. The summed E-state index contributed by atoms with van der Waals surface area (Å²) in [5.41, 5.74) is 2.32. The van der Waals surface area contributed by atoms with E-state index in [9.17, 15) is 4.79 Å². The van der Waals surface area contributed by atoms with E-state index in [2.05, 4.69) is 18.4 Å². The van der Waals surface area contributed by atoms with Crippen LogP contribution >= 0.6 is 0 Å². The maximum Gasteiger partial charge on any atom is 0.225 e. The van der Waals surface area contributed by atoms with E-state index in [0.717, 1.165) is 36.6 Å². The molecule has 0 aliphatic rings. The molecule has 1 amide bonds. The molecule has 1 atom stereocenters. The Bertz CT molecular complexity index is 695. The average molecular weight is 393 g/mol. The number of hydrogen-bond donors (Lipinski definition) is 2. The zero-order valence-electron chi connectivity index (χ0n) is 16.3. The number of nitrogens with one attached hydrogen (secondary N) is 2. The molecule has 148 valence electrons. The van der Waals surface area contributed by atoms with Gasteiger partial charge in [0.1, 0.15) is 0 Å². The monoisotopic (exact) mass is 392 g/mol. The summed E-state index contributed by atoms with van der Waals surface area (Å²) < 4.78 is 10.6. The van der Waals surface area contributed by atoms with Crippen molar-refractivity contribution in [3.05, 3.63) is 59.7 Å². The molecule has 0 saturated heterocycles. The van der Waals surface area contributed by atoms with Crippen molar-refractivity contribution in [3.8, 4) is 11.5 Å². The van der Waals surface area contributed by atoms with Crippen LogP contribution in [-0.4, -0.2) is 40.3 Å². The maximum absolute atomic E-state index is 12.0. The Hall–Kier alpha value is -2.24. The third-order valence-electron chi connectivity index (χ3n) is 4.40. The number of halogens is 1. The van der Waals surface area contributed by atoms with E-state index in [1.54, 1.807) is 14.2 Å². The van der Waals surface area contributed by atoms with Crippen LogP contribution in [0.4, 0.5) is 0 Å². The van der Waals surface area contributed by atoms with E-state index in [1.807, 2.05) is 42.5 Å². The van der Waals surface area contributed by atoms with Crippen LogP contribution in [0.15, 0.2) is 48.5 Å². The van der Waals surface area contributed by atoms with Gasteiger partial charge < -0.3 is 32.1 Å². The van der Waals surface area contributed by atoms with Crippen LogP contribution in [0, 0.1) is 0 Å². The molecule has 2 rings (SSSR count). The summed E-state index contributed by atoms with van der Waals surface area (Å²) in [6.45, 7) is 2.36. The van der Waals surface area contributed by atoms with Gasteiger partial charge in [-0.15, -0.1) is 0 Å². The first-order valence-electron chi connectivity index (χ1n) is 8.95. The van der Waals surface area contributed by atoms with Gasteiger partial charge in [-0.1, -0.05) is 36.4 Å². The van der Waals surface area contributed by atoms with E-state index in [-0.39, 0.29) is 18.3 Å². The Morgan fingerprint density at radius 1 is 0.963 bits per heavy atom. The molecule has 1 unspecified atom stereocenters. The number of benzene rings is 2. The first-order valence-corrected chi connectivity index (χ1v) is 8.95. The van der Waals surface area contributed by atoms with Crippen molar-refractivity contribution in [1.29, 1.82) is 0 Å². The molecule has 27 heavy (non-hydrogen) atoms. The van der Waals surface area contributed by atoms with E-state index in [0.29, 0.717) is 13.0 Å². The zero-order valence-corrected chi connectivity index (χ0v) is 17.0. The molecular weight excluding hydrogens is 364 g/mol. The van der Waals surface area contributed by atoms with Gasteiger partial charge in [-0.3, -0.25) is 4.79 Å². The predicted octanol–water partition coefficient (Wildman–Crippen LogP) is -1.53. The molecule has 0 saturated carbocycles. The summed E-state index contributed by atoms with van der Waals surface area (Å²) in [7, 11) is 5.40. The molecule has 0 aromatic heterocycles. The van der Waals surface area contributed by atoms with Crippen LogP contribution in [0.5, 0.6) is 11.5 Å². The third kappa shape index (κ3) is 7.89. The van der Waals surface area contributed by atoms with Crippen LogP contribution in [-0.2, 0) is 17.8 Å². The lowest BCUT2D eigenvalue weighted by Crippen LogP contribution is -3.09. The summed E-state index contributed by atoms with van der Waals surface area (Å²) in [5, 5.41) is 2.97. The van der Waals surface area contributed by atoms with Crippen molar-refractivity contribution in [2.75, 3.05) is 34.4 Å². The van der Waals surface area contributed by atoms with E-state index >= 15 is 0 Å². The molecule has 6 heteroatoms. The number of ether oxygens (including phenoxy) is 2. The molecule has 0 spiro atoms. The Morgan fingerprint density at radius 2 is 1.67 bits per heavy atom. The smallest absolute Gasteiger partial charge is 0.225 e. The summed E-state index contributed by atoms with van der Waals surface area (Å²) in [4.78, 5) is 13.3. The molecule has 0 heterocycles. The Kier molecular flexibility index (Phi) is 10.3. The first kappa shape index (κ1) is 22.8. The SMILES string of the molecule is COc1ccc(CC[NH+](C)CCC(=O)NCc2ccccc2)cc1OC.[Cl-]. The van der Waals surface area contributed by atoms with Crippen LogP contribution in [0.25, 0.3) is 0 Å². The van der Waals surface area contributed by atoms with Gasteiger partial charge in [0.2, 0.25) is 5.91 Å². The van der Waals surface area contributed by atoms with Gasteiger partial charge in [0.05, 0.1) is 40.8 Å². The molecular formula is C21H29ClN2O3. The number of likely N-dealkylation sites (N-methyl/N-ethyl adjacent to an activating group) is 1. The standard InChI is InChI=1S/C21H28N2O3.ClH/c1-23(13-11-17-9-10-19(25-2)20(15-17)26-3)14-12-21(24)22-16-18-7-5-4-6-8-18;/h4-10,15H,11-14,16H2,1-3H3,(H,22,24);1H. The van der Waals surface area contributed by atoms with Gasteiger partial charge in [0.25, 0.3) is 0 Å². The van der Waals surface area contributed by atoms with Crippen molar-refractivity contribution < 1.29 is 31.6 Å².